The van der Waals surface area contributed by atoms with E-state index in [-0.39, 0.29) is 25.0 Å². The summed E-state index contributed by atoms with van der Waals surface area (Å²) in [5, 5.41) is 5.65. The second-order valence-electron chi connectivity index (χ2n) is 6.69. The van der Waals surface area contributed by atoms with Crippen LogP contribution in [0.1, 0.15) is 50.2 Å². The van der Waals surface area contributed by atoms with E-state index in [1.54, 1.807) is 0 Å². The molecule has 1 aromatic rings. The van der Waals surface area contributed by atoms with E-state index in [9.17, 15) is 14.4 Å². The van der Waals surface area contributed by atoms with Crippen LogP contribution in [0.4, 0.5) is 4.79 Å². The minimum Gasteiger partial charge on any atom is -0.458 e. The third-order valence-electron chi connectivity index (χ3n) is 5.07. The maximum atomic E-state index is 12.8. The standard InChI is InChI=1S/C17H23N3O4S/c1-3-13-18-12(10-25-13)9-24-14(21)8-20-15(22)17(19-16(20)23)7-5-4-6-11(17)2/h10-11H,3-9H2,1-2H3,(H,19,23). The highest BCUT2D eigenvalue weighted by molar-refractivity contribution is 7.09. The van der Waals surface area contributed by atoms with Crippen molar-refractivity contribution in [1.82, 2.24) is 15.2 Å². The van der Waals surface area contributed by atoms with Crippen LogP contribution in [0.5, 0.6) is 0 Å². The third kappa shape index (κ3) is 3.40. The van der Waals surface area contributed by atoms with Crippen molar-refractivity contribution in [2.75, 3.05) is 6.54 Å². The predicted octanol–water partition coefficient (Wildman–Crippen LogP) is 2.25. The summed E-state index contributed by atoms with van der Waals surface area (Å²) in [6, 6.07) is -0.502. The number of amides is 3. The number of esters is 1. The largest absolute Gasteiger partial charge is 0.458 e. The van der Waals surface area contributed by atoms with Crippen LogP contribution in [0.3, 0.4) is 0 Å². The molecule has 1 aliphatic carbocycles. The molecule has 0 bridgehead atoms. The number of nitrogens with zero attached hydrogens (tertiary/aromatic N) is 2. The molecule has 0 radical (unpaired) electrons. The van der Waals surface area contributed by atoms with Gasteiger partial charge in [-0.3, -0.25) is 14.5 Å². The van der Waals surface area contributed by atoms with E-state index >= 15 is 0 Å². The van der Waals surface area contributed by atoms with Crippen LogP contribution in [0.25, 0.3) is 0 Å². The average Bonchev–Trinajstić information content (AvgIpc) is 3.15. The van der Waals surface area contributed by atoms with Crippen molar-refractivity contribution in [1.29, 1.82) is 0 Å². The summed E-state index contributed by atoms with van der Waals surface area (Å²) in [6.45, 7) is 3.69. The van der Waals surface area contributed by atoms with E-state index in [1.165, 1.54) is 11.3 Å². The molecule has 136 valence electrons. The molecule has 1 aliphatic heterocycles. The highest BCUT2D eigenvalue weighted by Gasteiger charge is 2.55. The Hall–Kier alpha value is -1.96. The number of carbonyl (C=O) groups is 3. The topological polar surface area (TPSA) is 88.6 Å². The molecule has 2 aliphatic rings. The SMILES string of the molecule is CCc1nc(COC(=O)CN2C(=O)NC3(CCCCC3C)C2=O)cs1. The van der Waals surface area contributed by atoms with Gasteiger partial charge in [0.15, 0.2) is 0 Å². The van der Waals surface area contributed by atoms with Gasteiger partial charge in [-0.15, -0.1) is 11.3 Å². The van der Waals surface area contributed by atoms with Gasteiger partial charge in [0.1, 0.15) is 18.7 Å². The third-order valence-corrected chi connectivity index (χ3v) is 6.11. The van der Waals surface area contributed by atoms with Gasteiger partial charge in [0.2, 0.25) is 0 Å². The summed E-state index contributed by atoms with van der Waals surface area (Å²) < 4.78 is 5.18. The molecule has 25 heavy (non-hydrogen) atoms. The molecule has 1 saturated carbocycles. The van der Waals surface area contributed by atoms with Gasteiger partial charge in [-0.05, 0) is 25.2 Å². The normalized spacial score (nSPS) is 26.2. The first-order valence-electron chi connectivity index (χ1n) is 8.69. The Labute approximate surface area is 150 Å². The Bertz CT molecular complexity index is 689. The number of aromatic nitrogens is 1. The minimum absolute atomic E-state index is 0.0561. The lowest BCUT2D eigenvalue weighted by Crippen LogP contribution is -2.54. The number of hydrogen-bond acceptors (Lipinski definition) is 6. The number of imide groups is 1. The number of hydrogen-bond donors (Lipinski definition) is 1. The lowest BCUT2D eigenvalue weighted by Gasteiger charge is -2.36. The summed E-state index contributed by atoms with van der Waals surface area (Å²) in [6.07, 6.45) is 4.32. The van der Waals surface area contributed by atoms with Crippen LogP contribution in [-0.4, -0.2) is 39.9 Å². The maximum Gasteiger partial charge on any atom is 0.326 e. The van der Waals surface area contributed by atoms with Crippen molar-refractivity contribution < 1.29 is 19.1 Å². The highest BCUT2D eigenvalue weighted by Crippen LogP contribution is 2.38. The molecule has 1 spiro atoms. The second kappa shape index (κ2) is 7.11. The number of rotatable bonds is 5. The second-order valence-corrected chi connectivity index (χ2v) is 7.63. The number of thiazole rings is 1. The van der Waals surface area contributed by atoms with E-state index in [2.05, 4.69) is 10.3 Å². The van der Waals surface area contributed by atoms with Gasteiger partial charge in [0, 0.05) is 5.38 Å². The monoisotopic (exact) mass is 365 g/mol. The molecule has 1 N–H and O–H groups in total. The fourth-order valence-electron chi connectivity index (χ4n) is 3.55. The van der Waals surface area contributed by atoms with Gasteiger partial charge in [-0.1, -0.05) is 26.7 Å². The molecular weight excluding hydrogens is 342 g/mol. The zero-order valence-corrected chi connectivity index (χ0v) is 15.4. The van der Waals surface area contributed by atoms with Gasteiger partial charge in [0.25, 0.3) is 5.91 Å². The Balaban J connectivity index is 1.59. The predicted molar refractivity (Wildman–Crippen MR) is 91.9 cm³/mol. The molecule has 3 amide bonds. The average molecular weight is 365 g/mol. The number of aryl methyl sites for hydroxylation is 1. The summed E-state index contributed by atoms with van der Waals surface area (Å²) in [5.41, 5.74) is -0.162. The first-order chi connectivity index (χ1) is 12.0. The van der Waals surface area contributed by atoms with Gasteiger partial charge in [-0.2, -0.15) is 0 Å². The van der Waals surface area contributed by atoms with Crippen molar-refractivity contribution in [2.45, 2.75) is 58.1 Å². The fourth-order valence-corrected chi connectivity index (χ4v) is 4.28. The van der Waals surface area contributed by atoms with Gasteiger partial charge >= 0.3 is 12.0 Å². The maximum absolute atomic E-state index is 12.8. The van der Waals surface area contributed by atoms with Crippen molar-refractivity contribution in [3.8, 4) is 0 Å². The molecule has 1 saturated heterocycles. The van der Waals surface area contributed by atoms with Gasteiger partial charge < -0.3 is 10.1 Å². The van der Waals surface area contributed by atoms with E-state index in [4.69, 9.17) is 4.74 Å². The number of ether oxygens (including phenoxy) is 1. The van der Waals surface area contributed by atoms with Gasteiger partial charge in [0.05, 0.1) is 10.7 Å². The quantitative estimate of drug-likeness (QED) is 0.639. The Morgan fingerprint density at radius 3 is 2.96 bits per heavy atom. The zero-order chi connectivity index (χ0) is 18.0. The lowest BCUT2D eigenvalue weighted by molar-refractivity contribution is -0.149. The molecule has 3 rings (SSSR count). The molecule has 0 aromatic carbocycles. The molecule has 7 nitrogen and oxygen atoms in total. The first kappa shape index (κ1) is 17.8. The minimum atomic E-state index is -0.847. The highest BCUT2D eigenvalue weighted by atomic mass is 32.1. The summed E-state index contributed by atoms with van der Waals surface area (Å²) in [4.78, 5) is 42.4. The van der Waals surface area contributed by atoms with Crippen LogP contribution >= 0.6 is 11.3 Å². The molecular formula is C17H23N3O4S. The van der Waals surface area contributed by atoms with Crippen LogP contribution in [0, 0.1) is 5.92 Å². The molecule has 2 atom stereocenters. The Morgan fingerprint density at radius 2 is 2.28 bits per heavy atom. The molecule has 2 unspecified atom stereocenters. The van der Waals surface area contributed by atoms with E-state index in [0.717, 1.165) is 35.6 Å². The van der Waals surface area contributed by atoms with Crippen LogP contribution in [-0.2, 0) is 27.4 Å². The van der Waals surface area contributed by atoms with Crippen molar-refractivity contribution in [2.24, 2.45) is 5.92 Å². The smallest absolute Gasteiger partial charge is 0.326 e. The summed E-state index contributed by atoms with van der Waals surface area (Å²) in [7, 11) is 0. The number of carbonyl (C=O) groups excluding carboxylic acids is 3. The van der Waals surface area contributed by atoms with Gasteiger partial charge in [-0.25, -0.2) is 9.78 Å². The molecule has 2 heterocycles. The van der Waals surface area contributed by atoms with Crippen molar-refractivity contribution in [3.05, 3.63) is 16.1 Å². The van der Waals surface area contributed by atoms with E-state index in [0.29, 0.717) is 12.1 Å². The number of urea groups is 1. The molecule has 8 heteroatoms. The zero-order valence-electron chi connectivity index (χ0n) is 14.5. The van der Waals surface area contributed by atoms with Crippen LogP contribution in [0.15, 0.2) is 5.38 Å². The Kier molecular flexibility index (Phi) is 5.08. The molecule has 2 fully saturated rings. The van der Waals surface area contributed by atoms with E-state index in [1.807, 2.05) is 19.2 Å². The fraction of sp³-hybridized carbons (Fsp3) is 0.647. The summed E-state index contributed by atoms with van der Waals surface area (Å²) >= 11 is 1.52. The van der Waals surface area contributed by atoms with Crippen LogP contribution < -0.4 is 5.32 Å². The summed E-state index contributed by atoms with van der Waals surface area (Å²) in [5.74, 6) is -0.833. The van der Waals surface area contributed by atoms with E-state index < -0.39 is 17.5 Å². The number of nitrogens with one attached hydrogen (secondary N) is 1. The lowest BCUT2D eigenvalue weighted by atomic mass is 9.73. The van der Waals surface area contributed by atoms with Crippen molar-refractivity contribution >= 4 is 29.2 Å². The van der Waals surface area contributed by atoms with Crippen LogP contribution in [0.2, 0.25) is 0 Å². The molecule has 1 aromatic heterocycles. The Morgan fingerprint density at radius 1 is 1.48 bits per heavy atom. The van der Waals surface area contributed by atoms with Crippen molar-refractivity contribution in [3.63, 3.8) is 0 Å². The first-order valence-corrected chi connectivity index (χ1v) is 9.57.